The molecule has 2 aromatic rings. The Labute approximate surface area is 131 Å². The van der Waals surface area contributed by atoms with Gasteiger partial charge in [0.25, 0.3) is 0 Å². The molecule has 0 radical (unpaired) electrons. The van der Waals surface area contributed by atoms with E-state index in [-0.39, 0.29) is 17.4 Å². The number of alkyl halides is 6. The first-order valence-corrected chi connectivity index (χ1v) is 6.30. The predicted octanol–water partition coefficient (Wildman–Crippen LogP) is 4.96. The van der Waals surface area contributed by atoms with Crippen LogP contribution in [0, 0.1) is 0 Å². The molecule has 0 saturated heterocycles. The lowest BCUT2D eigenvalue weighted by Gasteiger charge is -2.16. The molecule has 0 heterocycles. The van der Waals surface area contributed by atoms with Crippen molar-refractivity contribution in [2.24, 2.45) is 0 Å². The Hall–Kier alpha value is -2.71. The summed E-state index contributed by atoms with van der Waals surface area (Å²) in [4.78, 5) is 11.2. The predicted molar refractivity (Wildman–Crippen MR) is 70.6 cm³/mol. The van der Waals surface area contributed by atoms with Crippen molar-refractivity contribution >= 4 is 6.29 Å². The van der Waals surface area contributed by atoms with Crippen LogP contribution in [0.2, 0.25) is 0 Å². The maximum Gasteiger partial charge on any atom is 0.573 e. The summed E-state index contributed by atoms with van der Waals surface area (Å²) < 4.78 is 82.1. The van der Waals surface area contributed by atoms with Crippen LogP contribution in [-0.2, 0) is 0 Å². The smallest absolute Gasteiger partial charge is 0.405 e. The standard InChI is InChI=1S/C15H8F6O3/c16-14(17,18)23-12-6-2-1-4-10(12)9-5-3-7-13(11(9)8-22)24-15(19,20)21/h1-8H. The summed E-state index contributed by atoms with van der Waals surface area (Å²) in [7, 11) is 0. The fourth-order valence-electron chi connectivity index (χ4n) is 2.02. The summed E-state index contributed by atoms with van der Waals surface area (Å²) in [5.74, 6) is -1.48. The van der Waals surface area contributed by atoms with Crippen LogP contribution in [0.4, 0.5) is 26.3 Å². The minimum absolute atomic E-state index is 0.0702. The minimum atomic E-state index is -5.06. The first-order chi connectivity index (χ1) is 11.1. The van der Waals surface area contributed by atoms with Gasteiger partial charge in [-0.2, -0.15) is 0 Å². The van der Waals surface area contributed by atoms with Crippen LogP contribution < -0.4 is 9.47 Å². The lowest BCUT2D eigenvalue weighted by atomic mass is 9.99. The molecule has 0 spiro atoms. The van der Waals surface area contributed by atoms with Crippen LogP contribution >= 0.6 is 0 Å². The maximum absolute atomic E-state index is 12.5. The van der Waals surface area contributed by atoms with Crippen molar-refractivity contribution in [2.75, 3.05) is 0 Å². The second kappa shape index (κ2) is 6.42. The lowest BCUT2D eigenvalue weighted by molar-refractivity contribution is -0.275. The van der Waals surface area contributed by atoms with E-state index in [4.69, 9.17) is 0 Å². The van der Waals surface area contributed by atoms with E-state index in [9.17, 15) is 31.1 Å². The molecule has 0 unspecified atom stereocenters. The minimum Gasteiger partial charge on any atom is -0.405 e. The summed E-state index contributed by atoms with van der Waals surface area (Å²) in [6.45, 7) is 0. The first-order valence-electron chi connectivity index (χ1n) is 6.30. The number of aldehydes is 1. The average molecular weight is 350 g/mol. The molecule has 0 fully saturated rings. The molecule has 128 valence electrons. The van der Waals surface area contributed by atoms with Gasteiger partial charge in [-0.1, -0.05) is 30.3 Å². The summed E-state index contributed by atoms with van der Waals surface area (Å²) in [6, 6.07) is 7.95. The highest BCUT2D eigenvalue weighted by Crippen LogP contribution is 2.38. The van der Waals surface area contributed by atoms with E-state index in [1.807, 2.05) is 0 Å². The second-order valence-electron chi connectivity index (χ2n) is 4.43. The van der Waals surface area contributed by atoms with Crippen molar-refractivity contribution in [2.45, 2.75) is 12.7 Å². The van der Waals surface area contributed by atoms with Crippen LogP contribution in [0.1, 0.15) is 10.4 Å². The topological polar surface area (TPSA) is 35.5 Å². The molecule has 0 saturated carbocycles. The van der Waals surface area contributed by atoms with Gasteiger partial charge >= 0.3 is 12.7 Å². The molecule has 0 bridgehead atoms. The van der Waals surface area contributed by atoms with Gasteiger partial charge in [0.05, 0.1) is 5.56 Å². The Kier molecular flexibility index (Phi) is 4.72. The van der Waals surface area contributed by atoms with E-state index < -0.39 is 29.8 Å². The molecule has 0 amide bonds. The molecule has 0 aliphatic rings. The molecular formula is C15H8F6O3. The fraction of sp³-hybridized carbons (Fsp3) is 0.133. The highest BCUT2D eigenvalue weighted by Gasteiger charge is 2.34. The zero-order chi connectivity index (χ0) is 18.0. The molecule has 2 aromatic carbocycles. The third-order valence-electron chi connectivity index (χ3n) is 2.81. The van der Waals surface area contributed by atoms with Gasteiger partial charge in [-0.25, -0.2) is 0 Å². The van der Waals surface area contributed by atoms with Crippen molar-refractivity contribution in [1.29, 1.82) is 0 Å². The van der Waals surface area contributed by atoms with E-state index in [1.54, 1.807) is 0 Å². The Morgan fingerprint density at radius 2 is 1.21 bits per heavy atom. The van der Waals surface area contributed by atoms with Crippen LogP contribution in [0.25, 0.3) is 11.1 Å². The van der Waals surface area contributed by atoms with Gasteiger partial charge in [0.1, 0.15) is 11.5 Å². The van der Waals surface area contributed by atoms with E-state index in [2.05, 4.69) is 9.47 Å². The van der Waals surface area contributed by atoms with E-state index in [0.717, 1.165) is 18.2 Å². The van der Waals surface area contributed by atoms with Crippen LogP contribution in [-0.4, -0.2) is 19.0 Å². The fourth-order valence-corrected chi connectivity index (χ4v) is 2.02. The average Bonchev–Trinajstić information content (AvgIpc) is 2.44. The Morgan fingerprint density at radius 3 is 1.79 bits per heavy atom. The van der Waals surface area contributed by atoms with Crippen LogP contribution in [0.3, 0.4) is 0 Å². The number of carbonyl (C=O) groups is 1. The van der Waals surface area contributed by atoms with Gasteiger partial charge in [-0.15, -0.1) is 26.3 Å². The zero-order valence-corrected chi connectivity index (χ0v) is 11.6. The number of carbonyl (C=O) groups excluding carboxylic acids is 1. The highest BCUT2D eigenvalue weighted by molar-refractivity contribution is 5.92. The number of hydrogen-bond acceptors (Lipinski definition) is 3. The summed E-state index contributed by atoms with van der Waals surface area (Å²) in [5.41, 5.74) is -0.941. The molecule has 2 rings (SSSR count). The Morgan fingerprint density at radius 1 is 0.708 bits per heavy atom. The number of rotatable bonds is 4. The SMILES string of the molecule is O=Cc1c(OC(F)(F)F)cccc1-c1ccccc1OC(F)(F)F. The zero-order valence-electron chi connectivity index (χ0n) is 11.6. The molecule has 0 N–H and O–H groups in total. The van der Waals surface area contributed by atoms with Gasteiger partial charge in [0, 0.05) is 5.56 Å². The number of hydrogen-bond donors (Lipinski definition) is 0. The van der Waals surface area contributed by atoms with Crippen molar-refractivity contribution in [3.05, 3.63) is 48.0 Å². The molecule has 24 heavy (non-hydrogen) atoms. The lowest BCUT2D eigenvalue weighted by Crippen LogP contribution is -2.19. The normalized spacial score (nSPS) is 11.9. The third-order valence-corrected chi connectivity index (χ3v) is 2.81. The molecule has 3 nitrogen and oxygen atoms in total. The number of ether oxygens (including phenoxy) is 2. The van der Waals surface area contributed by atoms with Gasteiger partial charge in [0.2, 0.25) is 0 Å². The highest BCUT2D eigenvalue weighted by atomic mass is 19.4. The second-order valence-corrected chi connectivity index (χ2v) is 4.43. The van der Waals surface area contributed by atoms with Crippen molar-refractivity contribution in [3.63, 3.8) is 0 Å². The third kappa shape index (κ3) is 4.40. The van der Waals surface area contributed by atoms with Crippen molar-refractivity contribution < 1.29 is 40.6 Å². The van der Waals surface area contributed by atoms with E-state index in [1.165, 1.54) is 24.3 Å². The molecule has 0 aromatic heterocycles. The summed E-state index contributed by atoms with van der Waals surface area (Å²) in [6.07, 6.45) is -9.99. The van der Waals surface area contributed by atoms with Crippen LogP contribution in [0.15, 0.2) is 42.5 Å². The number of para-hydroxylation sites is 1. The Bertz CT molecular complexity index is 737. The Balaban J connectivity index is 2.58. The maximum atomic E-state index is 12.5. The number of benzene rings is 2. The molecule has 0 aliphatic heterocycles. The van der Waals surface area contributed by atoms with Gasteiger partial charge in [-0.3, -0.25) is 4.79 Å². The van der Waals surface area contributed by atoms with E-state index >= 15 is 0 Å². The van der Waals surface area contributed by atoms with Crippen molar-refractivity contribution in [1.82, 2.24) is 0 Å². The van der Waals surface area contributed by atoms with E-state index in [0.29, 0.717) is 0 Å². The van der Waals surface area contributed by atoms with Crippen LogP contribution in [0.5, 0.6) is 11.5 Å². The molecule has 0 aliphatic carbocycles. The van der Waals surface area contributed by atoms with Gasteiger partial charge in [-0.05, 0) is 17.7 Å². The molecular weight excluding hydrogens is 342 g/mol. The molecule has 9 heteroatoms. The number of halogens is 6. The van der Waals surface area contributed by atoms with Gasteiger partial charge in [0.15, 0.2) is 6.29 Å². The van der Waals surface area contributed by atoms with Gasteiger partial charge < -0.3 is 9.47 Å². The van der Waals surface area contributed by atoms with Crippen molar-refractivity contribution in [3.8, 4) is 22.6 Å². The summed E-state index contributed by atoms with van der Waals surface area (Å²) >= 11 is 0. The monoisotopic (exact) mass is 350 g/mol. The molecule has 0 atom stereocenters. The largest absolute Gasteiger partial charge is 0.573 e. The summed E-state index contributed by atoms with van der Waals surface area (Å²) in [5, 5.41) is 0. The first kappa shape index (κ1) is 17.6. The quantitative estimate of drug-likeness (QED) is 0.577.